The second-order valence-corrected chi connectivity index (χ2v) is 25.7. The number of nitrogens with zero attached hydrogens (tertiary/aromatic N) is 2. The maximum atomic E-state index is 11.5. The molecule has 2 fully saturated rings. The van der Waals surface area contributed by atoms with Gasteiger partial charge < -0.3 is 25.5 Å². The number of aliphatic carboxylic acids is 2. The van der Waals surface area contributed by atoms with Crippen LogP contribution in [0.5, 0.6) is 0 Å². The van der Waals surface area contributed by atoms with Gasteiger partial charge in [-0.2, -0.15) is 24.4 Å². The second kappa shape index (κ2) is 29.2. The van der Waals surface area contributed by atoms with Gasteiger partial charge in [0.2, 0.25) is 0 Å². The maximum Gasteiger partial charge on any atom is 0.303 e. The summed E-state index contributed by atoms with van der Waals surface area (Å²) in [5, 5.41) is 53.5. The number of hydrogen-bond acceptors (Lipinski definition) is 9. The van der Waals surface area contributed by atoms with E-state index in [9.17, 15) is 30.0 Å². The summed E-state index contributed by atoms with van der Waals surface area (Å²) < 4.78 is 0. The first kappa shape index (κ1) is 65.3. The van der Waals surface area contributed by atoms with E-state index in [-0.39, 0.29) is 29.9 Å². The van der Waals surface area contributed by atoms with Gasteiger partial charge in [-0.25, -0.2) is 9.97 Å². The van der Waals surface area contributed by atoms with Crippen LogP contribution in [0.1, 0.15) is 154 Å². The van der Waals surface area contributed by atoms with Crippen LogP contribution in [0.2, 0.25) is 10.0 Å². The van der Waals surface area contributed by atoms with E-state index < -0.39 is 29.2 Å². The highest BCUT2D eigenvalue weighted by Gasteiger charge is 2.45. The van der Waals surface area contributed by atoms with Crippen LogP contribution in [0.15, 0.2) is 158 Å². The normalized spacial score (nSPS) is 14.9. The maximum absolute atomic E-state index is 11.5. The fourth-order valence-corrected chi connectivity index (χ4v) is 12.6. The molecule has 10 rings (SSSR count). The predicted molar refractivity (Wildman–Crippen MR) is 353 cm³/mol. The number of benzene rings is 6. The first-order valence-corrected chi connectivity index (χ1v) is 30.7. The summed E-state index contributed by atoms with van der Waals surface area (Å²) in [5.41, 5.74) is 9.86. The highest BCUT2D eigenvalue weighted by molar-refractivity contribution is 7.99. The number of aryl methyl sites for hydroxylation is 2. The summed E-state index contributed by atoms with van der Waals surface area (Å²) in [6.45, 7) is 7.24. The molecule has 2 aliphatic rings. The molecule has 0 unspecified atom stereocenters. The fourth-order valence-electron chi connectivity index (χ4n) is 10.3. The van der Waals surface area contributed by atoms with E-state index in [1.54, 1.807) is 13.8 Å². The Bertz CT molecular complexity index is 3600. The summed E-state index contributed by atoms with van der Waals surface area (Å²) in [7, 11) is 0. The minimum Gasteiger partial charge on any atom is -0.481 e. The smallest absolute Gasteiger partial charge is 0.303 e. The van der Waals surface area contributed by atoms with Gasteiger partial charge in [0, 0.05) is 31.8 Å². The number of thiol groups is 1. The van der Waals surface area contributed by atoms with Gasteiger partial charge in [0.25, 0.3) is 0 Å². The lowest BCUT2D eigenvalue weighted by atomic mass is 9.90. The monoisotopic (exact) mass is 1200 g/mol. The summed E-state index contributed by atoms with van der Waals surface area (Å²) in [6.07, 6.45) is 15.0. The van der Waals surface area contributed by atoms with E-state index in [1.807, 2.05) is 165 Å². The Labute approximate surface area is 515 Å². The second-order valence-electron chi connectivity index (χ2n) is 23.3. The van der Waals surface area contributed by atoms with Crippen molar-refractivity contribution in [3.8, 4) is 0 Å². The lowest BCUT2D eigenvalue weighted by Crippen LogP contribution is -2.18. The van der Waals surface area contributed by atoms with Crippen LogP contribution in [0.25, 0.3) is 46.1 Å². The average molecular weight is 1210 g/mol. The number of hydrogen-bond donors (Lipinski definition) is 6. The van der Waals surface area contributed by atoms with E-state index in [1.165, 1.54) is 5.56 Å². The Hall–Kier alpha value is -6.28. The lowest BCUT2D eigenvalue weighted by Gasteiger charge is -2.24. The molecule has 9 nitrogen and oxygen atoms in total. The molecule has 2 aliphatic carbocycles. The van der Waals surface area contributed by atoms with Crippen LogP contribution >= 0.6 is 47.6 Å². The fraction of sp³-hybridized carbons (Fsp3) is 0.324. The molecule has 5 N–H and O–H groups in total. The topological polar surface area (TPSA) is 161 Å². The molecule has 440 valence electrons. The van der Waals surface area contributed by atoms with Gasteiger partial charge in [-0.1, -0.05) is 158 Å². The number of carbonyl (C=O) groups is 2. The minimum absolute atomic E-state index is 0. The van der Waals surface area contributed by atoms with Crippen molar-refractivity contribution in [1.29, 1.82) is 0 Å². The van der Waals surface area contributed by atoms with Crippen molar-refractivity contribution in [2.75, 3.05) is 11.5 Å². The number of carboxylic acids is 2. The third-order valence-electron chi connectivity index (χ3n) is 15.4. The lowest BCUT2D eigenvalue weighted by molar-refractivity contribution is -0.139. The quantitative estimate of drug-likeness (QED) is 0.0361. The number of fused-ring (bicyclic) bond motifs is 2. The van der Waals surface area contributed by atoms with E-state index in [2.05, 4.69) is 60.1 Å². The molecule has 2 atom stereocenters. The van der Waals surface area contributed by atoms with Crippen molar-refractivity contribution >= 4 is 106 Å². The molecule has 0 spiro atoms. The zero-order valence-electron chi connectivity index (χ0n) is 47.5. The van der Waals surface area contributed by atoms with Crippen LogP contribution < -0.4 is 0 Å². The van der Waals surface area contributed by atoms with Gasteiger partial charge in [0.05, 0.1) is 52.6 Å². The molecule has 0 aliphatic heterocycles. The molecule has 2 saturated carbocycles. The summed E-state index contributed by atoms with van der Waals surface area (Å²) in [6, 6.07) is 51.9. The Balaban J connectivity index is 0.000000211. The highest BCUT2D eigenvalue weighted by atomic mass is 35.5. The van der Waals surface area contributed by atoms with Crippen LogP contribution in [-0.4, -0.2) is 58.9 Å². The average Bonchev–Trinajstić information content (AvgIpc) is 4.54. The van der Waals surface area contributed by atoms with Gasteiger partial charge in [-0.15, -0.1) is 0 Å². The Morgan fingerprint density at radius 2 is 1.02 bits per heavy atom. The van der Waals surface area contributed by atoms with Crippen LogP contribution in [0.3, 0.4) is 0 Å². The summed E-state index contributed by atoms with van der Waals surface area (Å²) >= 11 is 18.2. The van der Waals surface area contributed by atoms with Crippen molar-refractivity contribution in [2.45, 2.75) is 122 Å². The third-order valence-corrected chi connectivity index (χ3v) is 18.3. The first-order chi connectivity index (χ1) is 39.6. The van der Waals surface area contributed by atoms with Gasteiger partial charge >= 0.3 is 11.9 Å². The third kappa shape index (κ3) is 19.1. The zero-order valence-corrected chi connectivity index (χ0v) is 50.7. The van der Waals surface area contributed by atoms with Crippen molar-refractivity contribution in [3.63, 3.8) is 0 Å². The zero-order chi connectivity index (χ0) is 59.4. The van der Waals surface area contributed by atoms with Crippen LogP contribution in [-0.2, 0) is 33.6 Å². The number of aromatic nitrogens is 2. The van der Waals surface area contributed by atoms with E-state index >= 15 is 0 Å². The molecule has 0 saturated heterocycles. The SMILES string of the molecule is C.CC(C)(O)c1ccccc1CC[C@@H](SCC1(CC(=O)O)CC1)c1cccc(/C=C/c2ccc3ccc(Cl)cc3n2)c1.CC(C)(O)c1ccccc1CC[C@H](O)c1cccc(/C=C/c2ccc3ccc(Cl)cc3n2)c1.O=C(O)CC1(CS)CC1. The van der Waals surface area contributed by atoms with Gasteiger partial charge in [0.15, 0.2) is 0 Å². The molecule has 0 radical (unpaired) electrons. The number of aliphatic hydroxyl groups is 3. The number of pyridine rings is 2. The molecular formula is C71H78Cl2N2O7S2. The number of thioether (sulfide) groups is 1. The Morgan fingerprint density at radius 1 is 0.583 bits per heavy atom. The van der Waals surface area contributed by atoms with Crippen molar-refractivity contribution in [3.05, 3.63) is 224 Å². The van der Waals surface area contributed by atoms with Gasteiger partial charge in [-0.05, 0) is 195 Å². The molecule has 6 aromatic carbocycles. The number of carboxylic acid groups (broad SMARTS) is 2. The number of aliphatic hydroxyl groups excluding tert-OH is 1. The molecule has 84 heavy (non-hydrogen) atoms. The molecular weight excluding hydrogens is 1130 g/mol. The van der Waals surface area contributed by atoms with E-state index in [0.29, 0.717) is 29.3 Å². The standard InChI is InChI=1S/C35H36ClNO3S.C29H28ClNO2.C6H10O2S.CH4/c1-34(2,40)30-9-4-3-7-25(30)13-17-32(41-23-35(18-19-35)22-33(38)39)27-8-5-6-24(20-27)10-15-29-16-12-26-11-14-28(36)21-31(26)37-29;1-29(2,33)26-9-4-3-7-21(26)13-17-28(32)23-8-5-6-20(18-23)10-15-25-16-12-22-11-14-24(30)19-27(22)31-25;7-5(8)3-6(4-9)1-2-6;/h3-12,14-16,20-21,32,40H,13,17-19,22-23H2,1-2H3,(H,38,39);3-12,14-16,18-19,28,32-33H,13,17H2,1-2H3;9H,1-4H2,(H,7,8);1H4/b2*15-10+;;/t32-;28-;;/m10../s1. The van der Waals surface area contributed by atoms with Crippen molar-refractivity contribution in [2.24, 2.45) is 10.8 Å². The van der Waals surface area contributed by atoms with Crippen molar-refractivity contribution < 1.29 is 35.1 Å². The molecule has 13 heteroatoms. The molecule has 0 amide bonds. The van der Waals surface area contributed by atoms with Gasteiger partial charge in [0.1, 0.15) is 0 Å². The van der Waals surface area contributed by atoms with Crippen LogP contribution in [0.4, 0.5) is 0 Å². The van der Waals surface area contributed by atoms with E-state index in [0.717, 1.165) is 122 Å². The molecule has 2 aromatic heterocycles. The largest absolute Gasteiger partial charge is 0.481 e. The molecule has 2 heterocycles. The van der Waals surface area contributed by atoms with E-state index in [4.69, 9.17) is 33.3 Å². The molecule has 8 aromatic rings. The minimum atomic E-state index is -0.911. The highest BCUT2D eigenvalue weighted by Crippen LogP contribution is 2.53. The summed E-state index contributed by atoms with van der Waals surface area (Å²) in [4.78, 5) is 31.1. The van der Waals surface area contributed by atoms with Crippen LogP contribution in [0, 0.1) is 10.8 Å². The number of rotatable bonds is 22. The summed E-state index contributed by atoms with van der Waals surface area (Å²) in [5.74, 6) is 0.150. The Morgan fingerprint density at radius 3 is 1.48 bits per heavy atom. The molecule has 0 bridgehead atoms. The van der Waals surface area contributed by atoms with Crippen molar-refractivity contribution in [1.82, 2.24) is 9.97 Å². The number of halogens is 2. The first-order valence-electron chi connectivity index (χ1n) is 28.2. The van der Waals surface area contributed by atoms with Gasteiger partial charge in [-0.3, -0.25) is 9.59 Å². The predicted octanol–water partition coefficient (Wildman–Crippen LogP) is 17.7. The Kier molecular flexibility index (Phi) is 22.7.